The van der Waals surface area contributed by atoms with E-state index in [0.717, 1.165) is 6.07 Å². The average molecular weight is 439 g/mol. The van der Waals surface area contributed by atoms with Crippen LogP contribution in [0.15, 0.2) is 36.4 Å². The lowest BCUT2D eigenvalue weighted by molar-refractivity contribution is -0.139. The van der Waals surface area contributed by atoms with E-state index >= 15 is 0 Å². The van der Waals surface area contributed by atoms with Gasteiger partial charge in [0, 0.05) is 11.3 Å². The summed E-state index contributed by atoms with van der Waals surface area (Å²) in [5.74, 6) is -1.97. The van der Waals surface area contributed by atoms with Gasteiger partial charge in [0.05, 0.1) is 24.9 Å². The molecule has 2 aromatic rings. The van der Waals surface area contributed by atoms with Crippen LogP contribution in [-0.2, 0) is 10.9 Å². The Morgan fingerprint density at radius 3 is 1.97 bits per heavy atom. The van der Waals surface area contributed by atoms with Gasteiger partial charge in [-0.1, -0.05) is 0 Å². The highest BCUT2D eigenvalue weighted by Gasteiger charge is 2.38. The standard InChI is InChI=1S/C22H24F3NO5/c1-12(2)30-18-11-15(10-17(22(23,24)25)19(18)31-13(3)4)20(27)26-16-8-6-14(7-9-16)21(28)29-5/h6-13H,1-5H3,(H,26,27). The number of alkyl halides is 3. The fourth-order valence-corrected chi connectivity index (χ4v) is 2.65. The molecule has 0 spiro atoms. The van der Waals surface area contributed by atoms with E-state index in [1.165, 1.54) is 37.4 Å². The lowest BCUT2D eigenvalue weighted by Gasteiger charge is -2.22. The van der Waals surface area contributed by atoms with Gasteiger partial charge in [-0.2, -0.15) is 13.2 Å². The lowest BCUT2D eigenvalue weighted by Crippen LogP contribution is -2.19. The van der Waals surface area contributed by atoms with Crippen LogP contribution >= 0.6 is 0 Å². The van der Waals surface area contributed by atoms with E-state index < -0.39 is 41.6 Å². The SMILES string of the molecule is COC(=O)c1ccc(NC(=O)c2cc(OC(C)C)c(OC(C)C)c(C(F)(F)F)c2)cc1. The molecule has 168 valence electrons. The third kappa shape index (κ3) is 6.37. The molecule has 0 aliphatic carbocycles. The minimum absolute atomic E-state index is 0.176. The van der Waals surface area contributed by atoms with Crippen molar-refractivity contribution in [1.29, 1.82) is 0 Å². The number of hydrogen-bond donors (Lipinski definition) is 1. The summed E-state index contributed by atoms with van der Waals surface area (Å²) in [4.78, 5) is 24.2. The minimum atomic E-state index is -4.77. The summed E-state index contributed by atoms with van der Waals surface area (Å²) >= 11 is 0. The molecule has 0 radical (unpaired) electrons. The lowest BCUT2D eigenvalue weighted by atomic mass is 10.1. The molecule has 0 aliphatic heterocycles. The van der Waals surface area contributed by atoms with Gasteiger partial charge in [0.1, 0.15) is 5.56 Å². The van der Waals surface area contributed by atoms with Crippen LogP contribution in [0.5, 0.6) is 11.5 Å². The number of esters is 1. The van der Waals surface area contributed by atoms with Crippen LogP contribution in [0.25, 0.3) is 0 Å². The van der Waals surface area contributed by atoms with Crippen molar-refractivity contribution < 1.29 is 37.0 Å². The van der Waals surface area contributed by atoms with E-state index in [0.29, 0.717) is 5.69 Å². The molecule has 0 heterocycles. The van der Waals surface area contributed by atoms with Gasteiger partial charge in [-0.3, -0.25) is 4.79 Å². The number of hydrogen-bond acceptors (Lipinski definition) is 5. The van der Waals surface area contributed by atoms with Crippen molar-refractivity contribution in [2.24, 2.45) is 0 Å². The monoisotopic (exact) mass is 439 g/mol. The van der Waals surface area contributed by atoms with Gasteiger partial charge in [-0.25, -0.2) is 4.79 Å². The number of carbonyl (C=O) groups is 2. The first-order valence-corrected chi connectivity index (χ1v) is 9.50. The maximum Gasteiger partial charge on any atom is 0.420 e. The largest absolute Gasteiger partial charge is 0.487 e. The molecule has 1 N–H and O–H groups in total. The summed E-state index contributed by atoms with van der Waals surface area (Å²) < 4.78 is 56.7. The zero-order valence-corrected chi connectivity index (χ0v) is 17.8. The topological polar surface area (TPSA) is 73.9 Å². The average Bonchev–Trinajstić information content (AvgIpc) is 2.67. The van der Waals surface area contributed by atoms with Gasteiger partial charge in [0.2, 0.25) is 0 Å². The van der Waals surface area contributed by atoms with Gasteiger partial charge in [-0.15, -0.1) is 0 Å². The number of benzene rings is 2. The molecule has 0 saturated carbocycles. The number of amides is 1. The second-order valence-electron chi connectivity index (χ2n) is 7.21. The first-order chi connectivity index (χ1) is 14.4. The molecule has 31 heavy (non-hydrogen) atoms. The van der Waals surface area contributed by atoms with E-state index in [-0.39, 0.29) is 16.9 Å². The van der Waals surface area contributed by atoms with Gasteiger partial charge >= 0.3 is 12.1 Å². The van der Waals surface area contributed by atoms with Crippen LogP contribution in [0.2, 0.25) is 0 Å². The molecule has 0 aliphatic rings. The zero-order chi connectivity index (χ0) is 23.3. The van der Waals surface area contributed by atoms with E-state index in [1.807, 2.05) is 0 Å². The summed E-state index contributed by atoms with van der Waals surface area (Å²) in [6, 6.07) is 7.67. The van der Waals surface area contributed by atoms with E-state index in [4.69, 9.17) is 9.47 Å². The van der Waals surface area contributed by atoms with Crippen molar-refractivity contribution in [2.75, 3.05) is 12.4 Å². The van der Waals surface area contributed by atoms with E-state index in [2.05, 4.69) is 10.1 Å². The van der Waals surface area contributed by atoms with Crippen LogP contribution in [0.4, 0.5) is 18.9 Å². The van der Waals surface area contributed by atoms with Gasteiger partial charge in [-0.05, 0) is 64.1 Å². The Hall–Kier alpha value is -3.23. The zero-order valence-electron chi connectivity index (χ0n) is 17.8. The number of methoxy groups -OCH3 is 1. The number of carbonyl (C=O) groups excluding carboxylic acids is 2. The Bertz CT molecular complexity index is 937. The molecular weight excluding hydrogens is 415 g/mol. The summed E-state index contributed by atoms with van der Waals surface area (Å²) in [5, 5.41) is 2.51. The van der Waals surface area contributed by atoms with Crippen LogP contribution in [-0.4, -0.2) is 31.2 Å². The summed E-state index contributed by atoms with van der Waals surface area (Å²) in [5.41, 5.74) is -0.802. The third-order valence-electron chi connectivity index (χ3n) is 3.90. The molecule has 0 aromatic heterocycles. The Morgan fingerprint density at radius 2 is 1.48 bits per heavy atom. The molecule has 1 amide bonds. The third-order valence-corrected chi connectivity index (χ3v) is 3.90. The number of rotatable bonds is 7. The molecule has 0 bridgehead atoms. The van der Waals surface area contributed by atoms with Gasteiger partial charge < -0.3 is 19.5 Å². The first kappa shape index (κ1) is 24.0. The maximum atomic E-state index is 13.7. The number of nitrogens with one attached hydrogen (secondary N) is 1. The van der Waals surface area contributed by atoms with Crippen LogP contribution in [0.1, 0.15) is 54.0 Å². The Morgan fingerprint density at radius 1 is 0.903 bits per heavy atom. The van der Waals surface area contributed by atoms with Crippen LogP contribution in [0.3, 0.4) is 0 Å². The molecule has 9 heteroatoms. The van der Waals surface area contributed by atoms with E-state index in [9.17, 15) is 22.8 Å². The molecule has 0 atom stereocenters. The minimum Gasteiger partial charge on any atom is -0.487 e. The predicted octanol–water partition coefficient (Wildman–Crippen LogP) is 5.32. The van der Waals surface area contributed by atoms with Crippen molar-refractivity contribution in [2.45, 2.75) is 46.1 Å². The fraction of sp³-hybridized carbons (Fsp3) is 0.364. The van der Waals surface area contributed by atoms with Gasteiger partial charge in [0.25, 0.3) is 5.91 Å². The van der Waals surface area contributed by atoms with Crippen molar-refractivity contribution in [3.05, 3.63) is 53.1 Å². The molecule has 6 nitrogen and oxygen atoms in total. The smallest absolute Gasteiger partial charge is 0.420 e. The summed E-state index contributed by atoms with van der Waals surface area (Å²) in [6.45, 7) is 6.50. The second kappa shape index (κ2) is 9.72. The van der Waals surface area contributed by atoms with Crippen LogP contribution in [0, 0.1) is 0 Å². The highest BCUT2D eigenvalue weighted by Crippen LogP contribution is 2.43. The molecule has 2 aromatic carbocycles. The Balaban J connectivity index is 2.44. The van der Waals surface area contributed by atoms with Crippen molar-refractivity contribution >= 4 is 17.6 Å². The fourth-order valence-electron chi connectivity index (χ4n) is 2.65. The highest BCUT2D eigenvalue weighted by molar-refractivity contribution is 6.05. The molecule has 0 fully saturated rings. The van der Waals surface area contributed by atoms with Crippen LogP contribution < -0.4 is 14.8 Å². The maximum absolute atomic E-state index is 13.7. The van der Waals surface area contributed by atoms with Crippen molar-refractivity contribution in [3.8, 4) is 11.5 Å². The first-order valence-electron chi connectivity index (χ1n) is 9.50. The molecule has 0 unspecified atom stereocenters. The number of anilines is 1. The second-order valence-corrected chi connectivity index (χ2v) is 7.21. The molecular formula is C22H24F3NO5. The van der Waals surface area contributed by atoms with Crippen molar-refractivity contribution in [3.63, 3.8) is 0 Å². The predicted molar refractivity (Wildman–Crippen MR) is 109 cm³/mol. The van der Waals surface area contributed by atoms with Crippen molar-refractivity contribution in [1.82, 2.24) is 0 Å². The Labute approximate surface area is 178 Å². The summed E-state index contributed by atoms with van der Waals surface area (Å²) in [7, 11) is 1.24. The normalized spacial score (nSPS) is 11.4. The molecule has 2 rings (SSSR count). The number of halogens is 3. The summed E-state index contributed by atoms with van der Waals surface area (Å²) in [6.07, 6.45) is -5.75. The highest BCUT2D eigenvalue weighted by atomic mass is 19.4. The number of ether oxygens (including phenoxy) is 3. The molecule has 0 saturated heterocycles. The van der Waals surface area contributed by atoms with E-state index in [1.54, 1.807) is 27.7 Å². The Kier molecular flexibility index (Phi) is 7.54. The van der Waals surface area contributed by atoms with Gasteiger partial charge in [0.15, 0.2) is 11.5 Å². The quantitative estimate of drug-likeness (QED) is 0.591.